The number of hydrogen-bond acceptors (Lipinski definition) is 1. The lowest BCUT2D eigenvalue weighted by Crippen LogP contribution is -2.04. The van der Waals surface area contributed by atoms with Gasteiger partial charge in [0.1, 0.15) is 0 Å². The van der Waals surface area contributed by atoms with E-state index in [9.17, 15) is 4.79 Å². The van der Waals surface area contributed by atoms with Gasteiger partial charge in [-0.15, -0.1) is 0 Å². The van der Waals surface area contributed by atoms with Crippen molar-refractivity contribution in [3.05, 3.63) is 34.9 Å². The Balaban J connectivity index is 2.03. The molecule has 17 heavy (non-hydrogen) atoms. The molecule has 0 spiro atoms. The van der Waals surface area contributed by atoms with Crippen molar-refractivity contribution < 1.29 is 9.90 Å². The molecule has 2 rings (SSSR count). The molecule has 3 heteroatoms. The van der Waals surface area contributed by atoms with Crippen molar-refractivity contribution >= 4 is 17.6 Å². The first-order valence-corrected chi connectivity index (χ1v) is 6.48. The first-order valence-electron chi connectivity index (χ1n) is 6.10. The number of benzene rings is 1. The lowest BCUT2D eigenvalue weighted by molar-refractivity contribution is -0.138. The number of carboxylic acids is 1. The third-order valence-corrected chi connectivity index (χ3v) is 4.01. The number of hydrogen-bond donors (Lipinski definition) is 1. The quantitative estimate of drug-likeness (QED) is 0.862. The Labute approximate surface area is 107 Å². The van der Waals surface area contributed by atoms with Gasteiger partial charge in [-0.3, -0.25) is 4.79 Å². The van der Waals surface area contributed by atoms with Gasteiger partial charge < -0.3 is 5.11 Å². The van der Waals surface area contributed by atoms with Crippen LogP contribution in [0.2, 0.25) is 5.02 Å². The van der Waals surface area contributed by atoms with Gasteiger partial charge in [-0.2, -0.15) is 0 Å². The highest BCUT2D eigenvalue weighted by atomic mass is 35.5. The highest BCUT2D eigenvalue weighted by Gasteiger charge is 2.43. The number of rotatable bonds is 5. The summed E-state index contributed by atoms with van der Waals surface area (Å²) < 4.78 is 0. The van der Waals surface area contributed by atoms with Crippen LogP contribution >= 0.6 is 11.6 Å². The lowest BCUT2D eigenvalue weighted by Gasteiger charge is -2.16. The fourth-order valence-corrected chi connectivity index (χ4v) is 2.79. The molecule has 2 nitrogen and oxygen atoms in total. The Bertz CT molecular complexity index is 416. The van der Waals surface area contributed by atoms with E-state index in [4.69, 9.17) is 16.7 Å². The van der Waals surface area contributed by atoms with E-state index in [2.05, 4.69) is 13.0 Å². The van der Waals surface area contributed by atoms with Crippen molar-refractivity contribution in [3.63, 3.8) is 0 Å². The second-order valence-electron chi connectivity index (χ2n) is 4.80. The molecular formula is C14H17ClO2. The fourth-order valence-electron chi connectivity index (χ4n) is 2.50. The normalized spacial score (nSPS) is 24.4. The molecule has 0 bridgehead atoms. The van der Waals surface area contributed by atoms with E-state index in [1.807, 2.05) is 18.2 Å². The molecule has 1 aliphatic carbocycles. The van der Waals surface area contributed by atoms with Crippen molar-refractivity contribution in [3.8, 4) is 0 Å². The monoisotopic (exact) mass is 252 g/mol. The molecule has 3 atom stereocenters. The zero-order valence-electron chi connectivity index (χ0n) is 9.90. The predicted molar refractivity (Wildman–Crippen MR) is 68.3 cm³/mol. The molecule has 0 aromatic heterocycles. The van der Waals surface area contributed by atoms with Gasteiger partial charge >= 0.3 is 5.97 Å². The van der Waals surface area contributed by atoms with Crippen molar-refractivity contribution in [1.29, 1.82) is 0 Å². The molecule has 3 unspecified atom stereocenters. The van der Waals surface area contributed by atoms with Crippen molar-refractivity contribution in [1.82, 2.24) is 0 Å². The summed E-state index contributed by atoms with van der Waals surface area (Å²) in [7, 11) is 0. The number of aliphatic carboxylic acids is 1. The van der Waals surface area contributed by atoms with Crippen LogP contribution in [0, 0.1) is 11.8 Å². The maximum Gasteiger partial charge on any atom is 0.306 e. The minimum Gasteiger partial charge on any atom is -0.481 e. The van der Waals surface area contributed by atoms with Crippen LogP contribution in [-0.4, -0.2) is 11.1 Å². The van der Waals surface area contributed by atoms with Crippen molar-refractivity contribution in [2.75, 3.05) is 0 Å². The van der Waals surface area contributed by atoms with Gasteiger partial charge in [0.15, 0.2) is 0 Å². The third kappa shape index (κ3) is 2.81. The maximum absolute atomic E-state index is 10.8. The molecular weight excluding hydrogens is 236 g/mol. The van der Waals surface area contributed by atoms with E-state index < -0.39 is 5.97 Å². The molecule has 1 N–H and O–H groups in total. The molecule has 0 aliphatic heterocycles. The largest absolute Gasteiger partial charge is 0.481 e. The van der Waals surface area contributed by atoms with Crippen LogP contribution in [0.15, 0.2) is 24.3 Å². The summed E-state index contributed by atoms with van der Waals surface area (Å²) in [6.45, 7) is 2.13. The van der Waals surface area contributed by atoms with Gasteiger partial charge in [-0.25, -0.2) is 0 Å². The summed E-state index contributed by atoms with van der Waals surface area (Å²) in [6.07, 6.45) is 2.78. The first kappa shape index (κ1) is 12.4. The Morgan fingerprint density at radius 2 is 2.24 bits per heavy atom. The third-order valence-electron chi connectivity index (χ3n) is 3.66. The van der Waals surface area contributed by atoms with Gasteiger partial charge in [0, 0.05) is 5.02 Å². The van der Waals surface area contributed by atoms with E-state index in [-0.39, 0.29) is 5.92 Å². The van der Waals surface area contributed by atoms with Crippen LogP contribution in [0.1, 0.15) is 37.7 Å². The molecule has 1 fully saturated rings. The van der Waals surface area contributed by atoms with Gasteiger partial charge in [-0.05, 0) is 42.7 Å². The minimum atomic E-state index is -0.649. The molecule has 0 amide bonds. The highest BCUT2D eigenvalue weighted by Crippen LogP contribution is 2.46. The lowest BCUT2D eigenvalue weighted by atomic mass is 9.90. The molecule has 1 saturated carbocycles. The van der Waals surface area contributed by atoms with E-state index in [0.717, 1.165) is 29.8 Å². The predicted octanol–water partition coefficient (Wildman–Crippen LogP) is 3.94. The Morgan fingerprint density at radius 1 is 1.53 bits per heavy atom. The van der Waals surface area contributed by atoms with Gasteiger partial charge in [0.05, 0.1) is 5.92 Å². The van der Waals surface area contributed by atoms with Crippen LogP contribution in [-0.2, 0) is 4.79 Å². The average Bonchev–Trinajstić information content (AvgIpc) is 3.06. The smallest absolute Gasteiger partial charge is 0.306 e. The SMILES string of the molecule is CCC(CC1CC1C(=O)O)c1ccccc1Cl. The van der Waals surface area contributed by atoms with Crippen LogP contribution < -0.4 is 0 Å². The molecule has 1 aromatic carbocycles. The topological polar surface area (TPSA) is 37.3 Å². The zero-order chi connectivity index (χ0) is 12.4. The molecule has 0 radical (unpaired) electrons. The standard InChI is InChI=1S/C14H17ClO2/c1-2-9(7-10-8-12(10)14(16)17)11-5-3-4-6-13(11)15/h3-6,9-10,12H,2,7-8H2,1H3,(H,16,17). The molecule has 1 aliphatic rings. The van der Waals surface area contributed by atoms with E-state index in [1.165, 1.54) is 0 Å². The van der Waals surface area contributed by atoms with Gasteiger partial charge in [0.25, 0.3) is 0 Å². The van der Waals surface area contributed by atoms with Crippen LogP contribution in [0.4, 0.5) is 0 Å². The Kier molecular flexibility index (Phi) is 3.72. The molecule has 92 valence electrons. The van der Waals surface area contributed by atoms with E-state index in [0.29, 0.717) is 11.8 Å². The fraction of sp³-hybridized carbons (Fsp3) is 0.500. The Morgan fingerprint density at radius 3 is 2.76 bits per heavy atom. The second-order valence-corrected chi connectivity index (χ2v) is 5.21. The van der Waals surface area contributed by atoms with Crippen LogP contribution in [0.25, 0.3) is 0 Å². The number of carbonyl (C=O) groups is 1. The molecule has 0 heterocycles. The van der Waals surface area contributed by atoms with Crippen LogP contribution in [0.5, 0.6) is 0 Å². The molecule has 0 saturated heterocycles. The summed E-state index contributed by atoms with van der Waals surface area (Å²) in [5.74, 6) is -0.0395. The van der Waals surface area contributed by atoms with Crippen LogP contribution in [0.3, 0.4) is 0 Å². The molecule has 1 aromatic rings. The summed E-state index contributed by atoms with van der Waals surface area (Å²) in [5.41, 5.74) is 1.16. The number of carboxylic acid groups (broad SMARTS) is 1. The highest BCUT2D eigenvalue weighted by molar-refractivity contribution is 6.31. The summed E-state index contributed by atoms with van der Waals surface area (Å²) in [5, 5.41) is 9.71. The van der Waals surface area contributed by atoms with Crippen molar-refractivity contribution in [2.45, 2.75) is 32.1 Å². The van der Waals surface area contributed by atoms with E-state index in [1.54, 1.807) is 0 Å². The Hall–Kier alpha value is -1.02. The minimum absolute atomic E-state index is 0.119. The number of halogens is 1. The van der Waals surface area contributed by atoms with Crippen molar-refractivity contribution in [2.24, 2.45) is 11.8 Å². The summed E-state index contributed by atoms with van der Waals surface area (Å²) in [4.78, 5) is 10.8. The second kappa shape index (κ2) is 5.09. The maximum atomic E-state index is 10.8. The first-order chi connectivity index (χ1) is 8.13. The summed E-state index contributed by atoms with van der Waals surface area (Å²) in [6, 6.07) is 7.87. The summed E-state index contributed by atoms with van der Waals surface area (Å²) >= 11 is 6.18. The van der Waals surface area contributed by atoms with Gasteiger partial charge in [0.2, 0.25) is 0 Å². The van der Waals surface area contributed by atoms with E-state index >= 15 is 0 Å². The average molecular weight is 253 g/mol. The zero-order valence-corrected chi connectivity index (χ0v) is 10.7. The van der Waals surface area contributed by atoms with Gasteiger partial charge in [-0.1, -0.05) is 36.7 Å².